The lowest BCUT2D eigenvalue weighted by atomic mass is 9.85. The van der Waals surface area contributed by atoms with Crippen LogP contribution >= 0.6 is 0 Å². The van der Waals surface area contributed by atoms with Crippen LogP contribution in [0.4, 0.5) is 4.79 Å². The van der Waals surface area contributed by atoms with Crippen LogP contribution in [0, 0.1) is 11.8 Å². The second-order valence-electron chi connectivity index (χ2n) is 10.6. The molecule has 0 spiro atoms. The highest BCUT2D eigenvalue weighted by atomic mass is 16.6. The van der Waals surface area contributed by atoms with Gasteiger partial charge in [-0.3, -0.25) is 14.4 Å². The van der Waals surface area contributed by atoms with Gasteiger partial charge in [-0.25, -0.2) is 4.79 Å². The predicted octanol–water partition coefficient (Wildman–Crippen LogP) is 2.54. The molecule has 1 aliphatic heterocycles. The molecule has 0 saturated carbocycles. The zero-order valence-corrected chi connectivity index (χ0v) is 25.1. The van der Waals surface area contributed by atoms with Gasteiger partial charge in [0, 0.05) is 43.9 Å². The highest BCUT2D eigenvalue weighted by molar-refractivity contribution is 6.23. The largest absolute Gasteiger partial charge is 0.439 e. The molecular weight excluding hydrogens is 542 g/mol. The number of ketones is 2. The first-order valence-electron chi connectivity index (χ1n) is 13.8. The number of nitrogens with one attached hydrogen (secondary N) is 2. The SMILES string of the molecule is C=CCNC1=C2C[C@H](C)C[C@@H](OC)[C@H](O)[C@H](C)/C=C(/C)[C@@H](OC(N)=O)[C@@H](OC)/C=C\C=C(\C)C(=O)NC(=CC1=O)C2=O. The molecule has 11 heteroatoms. The van der Waals surface area contributed by atoms with Crippen LogP contribution in [0.1, 0.15) is 40.5 Å². The third kappa shape index (κ3) is 9.10. The summed E-state index contributed by atoms with van der Waals surface area (Å²) in [4.78, 5) is 51.3. The number of aliphatic hydroxyl groups is 1. The van der Waals surface area contributed by atoms with E-state index in [9.17, 15) is 24.3 Å². The molecule has 0 aromatic heterocycles. The molecule has 2 aliphatic rings. The summed E-state index contributed by atoms with van der Waals surface area (Å²) in [6.45, 7) is 10.9. The summed E-state index contributed by atoms with van der Waals surface area (Å²) in [6, 6.07) is 0. The van der Waals surface area contributed by atoms with Crippen molar-refractivity contribution in [2.45, 2.75) is 65.0 Å². The molecule has 0 aromatic carbocycles. The van der Waals surface area contributed by atoms with Crippen molar-refractivity contribution in [2.75, 3.05) is 20.8 Å². The van der Waals surface area contributed by atoms with Crippen molar-refractivity contribution < 1.29 is 38.5 Å². The van der Waals surface area contributed by atoms with Crippen molar-refractivity contribution in [3.8, 4) is 0 Å². The number of aliphatic hydroxyl groups excluding tert-OH is 1. The number of ether oxygens (including phenoxy) is 3. The molecule has 2 amide bonds. The van der Waals surface area contributed by atoms with Crippen molar-refractivity contribution in [2.24, 2.45) is 17.6 Å². The Morgan fingerprint density at radius 2 is 1.90 bits per heavy atom. The first-order chi connectivity index (χ1) is 19.8. The molecule has 6 atom stereocenters. The maximum atomic E-state index is 13.5. The molecule has 230 valence electrons. The van der Waals surface area contributed by atoms with Gasteiger partial charge in [-0.2, -0.15) is 0 Å². The number of methoxy groups -OCH3 is 2. The first-order valence-corrected chi connectivity index (χ1v) is 13.8. The summed E-state index contributed by atoms with van der Waals surface area (Å²) < 4.78 is 16.6. The van der Waals surface area contributed by atoms with Gasteiger partial charge in [0.05, 0.1) is 23.6 Å². The van der Waals surface area contributed by atoms with E-state index >= 15 is 0 Å². The second-order valence-corrected chi connectivity index (χ2v) is 10.6. The molecule has 0 unspecified atom stereocenters. The topological polar surface area (TPSA) is 166 Å². The number of fused-ring (bicyclic) bond motifs is 2. The van der Waals surface area contributed by atoms with Crippen molar-refractivity contribution in [3.05, 3.63) is 71.1 Å². The minimum absolute atomic E-state index is 0.132. The molecule has 2 bridgehead atoms. The van der Waals surface area contributed by atoms with Gasteiger partial charge in [0.15, 0.2) is 6.10 Å². The zero-order chi connectivity index (χ0) is 31.6. The van der Waals surface area contributed by atoms with Crippen LogP contribution in [0.2, 0.25) is 0 Å². The molecule has 42 heavy (non-hydrogen) atoms. The highest BCUT2D eigenvalue weighted by Crippen LogP contribution is 2.28. The molecule has 0 fully saturated rings. The van der Waals surface area contributed by atoms with Crippen LogP contribution in [0.25, 0.3) is 0 Å². The third-order valence-corrected chi connectivity index (χ3v) is 7.22. The van der Waals surface area contributed by atoms with Crippen molar-refractivity contribution in [1.82, 2.24) is 10.6 Å². The van der Waals surface area contributed by atoms with Gasteiger partial charge in [-0.15, -0.1) is 6.58 Å². The number of amides is 2. The smallest absolute Gasteiger partial charge is 0.405 e. The summed E-state index contributed by atoms with van der Waals surface area (Å²) in [5, 5.41) is 16.7. The Kier molecular flexibility index (Phi) is 13.1. The van der Waals surface area contributed by atoms with E-state index in [1.807, 2.05) is 6.92 Å². The van der Waals surface area contributed by atoms with E-state index in [0.717, 1.165) is 6.08 Å². The Bertz CT molecular complexity index is 1210. The summed E-state index contributed by atoms with van der Waals surface area (Å²) in [5.41, 5.74) is 6.42. The van der Waals surface area contributed by atoms with E-state index in [1.54, 1.807) is 45.1 Å². The van der Waals surface area contributed by atoms with Crippen molar-refractivity contribution >= 4 is 23.6 Å². The van der Waals surface area contributed by atoms with Crippen molar-refractivity contribution in [3.63, 3.8) is 0 Å². The van der Waals surface area contributed by atoms with Crippen LogP contribution in [-0.4, -0.2) is 73.9 Å². The lowest BCUT2D eigenvalue weighted by Crippen LogP contribution is -2.37. The lowest BCUT2D eigenvalue weighted by molar-refractivity contribution is -0.120. The number of nitrogens with two attached hydrogens (primary N) is 1. The molecular formula is C31H43N3O8. The van der Waals surface area contributed by atoms with E-state index in [0.29, 0.717) is 12.0 Å². The Balaban J connectivity index is 2.62. The fourth-order valence-electron chi connectivity index (χ4n) is 4.95. The fraction of sp³-hybridized carbons (Fsp3) is 0.484. The van der Waals surface area contributed by atoms with Gasteiger partial charge in [-0.1, -0.05) is 44.2 Å². The first kappa shape index (κ1) is 34.4. The average molecular weight is 586 g/mol. The zero-order valence-electron chi connectivity index (χ0n) is 25.1. The number of Topliss-reactive ketones (excluding diaryl/α,β-unsaturated/α-hetero) is 1. The second kappa shape index (κ2) is 16.0. The predicted molar refractivity (Wildman–Crippen MR) is 158 cm³/mol. The highest BCUT2D eigenvalue weighted by Gasteiger charge is 2.33. The maximum absolute atomic E-state index is 13.5. The number of carbonyl (C=O) groups is 4. The maximum Gasteiger partial charge on any atom is 0.405 e. The molecule has 1 aliphatic carbocycles. The van der Waals surface area contributed by atoms with E-state index in [2.05, 4.69) is 17.2 Å². The Hall–Kier alpha value is -3.80. The van der Waals surface area contributed by atoms with Crippen LogP contribution < -0.4 is 16.4 Å². The summed E-state index contributed by atoms with van der Waals surface area (Å²) in [5.74, 6) is -2.14. The third-order valence-electron chi connectivity index (χ3n) is 7.22. The van der Waals surface area contributed by atoms with E-state index in [1.165, 1.54) is 20.3 Å². The summed E-state index contributed by atoms with van der Waals surface area (Å²) in [7, 11) is 2.92. The minimum atomic E-state index is -1.00. The van der Waals surface area contributed by atoms with Crippen LogP contribution in [0.5, 0.6) is 0 Å². The standard InChI is InChI=1S/C31H43N3O8/c1-8-12-33-26-21-13-17(2)14-25(41-7)27(36)19(4)15-20(5)29(42-31(32)39)24(40-6)11-9-10-18(3)30(38)34-22(28(21)37)16-23(26)35/h8-11,15-17,19,24-25,27,29,33,36H,1,12-14H2,2-7H3,(H2,32,39)(H,34,38)/b11-9-,18-10-,20-15-/t17-,19+,24-,25+,27+,29+/m0/s1. The summed E-state index contributed by atoms with van der Waals surface area (Å²) in [6.07, 6.45) is 5.34. The van der Waals surface area contributed by atoms with Crippen LogP contribution in [-0.2, 0) is 28.6 Å². The van der Waals surface area contributed by atoms with E-state index < -0.39 is 53.9 Å². The molecule has 0 saturated heterocycles. The summed E-state index contributed by atoms with van der Waals surface area (Å²) >= 11 is 0. The van der Waals surface area contributed by atoms with Crippen LogP contribution in [0.15, 0.2) is 71.1 Å². The molecule has 0 aromatic rings. The fourth-order valence-corrected chi connectivity index (χ4v) is 4.95. The minimum Gasteiger partial charge on any atom is -0.439 e. The van der Waals surface area contributed by atoms with Gasteiger partial charge in [-0.05, 0) is 38.2 Å². The number of allylic oxidation sites excluding steroid dienone is 4. The normalized spacial score (nSPS) is 31.6. The average Bonchev–Trinajstić information content (AvgIpc) is 2.94. The van der Waals surface area contributed by atoms with Crippen molar-refractivity contribution in [1.29, 1.82) is 0 Å². The molecule has 2 rings (SSSR count). The van der Waals surface area contributed by atoms with E-state index in [4.69, 9.17) is 19.9 Å². The van der Waals surface area contributed by atoms with Gasteiger partial charge < -0.3 is 35.7 Å². The van der Waals surface area contributed by atoms with Gasteiger partial charge in [0.1, 0.15) is 6.10 Å². The number of carbonyl (C=O) groups excluding carboxylic acids is 4. The number of rotatable bonds is 6. The Labute approximate surface area is 247 Å². The monoisotopic (exact) mass is 585 g/mol. The van der Waals surface area contributed by atoms with Crippen LogP contribution in [0.3, 0.4) is 0 Å². The number of hydrogen-bond donors (Lipinski definition) is 4. The lowest BCUT2D eigenvalue weighted by Gasteiger charge is -2.30. The van der Waals surface area contributed by atoms with Gasteiger partial charge in [0.2, 0.25) is 11.6 Å². The van der Waals surface area contributed by atoms with Gasteiger partial charge >= 0.3 is 6.09 Å². The molecule has 5 N–H and O–H groups in total. The number of primary amides is 1. The van der Waals surface area contributed by atoms with Gasteiger partial charge in [0.25, 0.3) is 5.91 Å². The molecule has 0 radical (unpaired) electrons. The van der Waals surface area contributed by atoms with E-state index in [-0.39, 0.29) is 41.4 Å². The Morgan fingerprint density at radius 3 is 2.50 bits per heavy atom. The molecule has 11 nitrogen and oxygen atoms in total. The number of hydrogen-bond acceptors (Lipinski definition) is 9. The molecule has 1 heterocycles. The quantitative estimate of drug-likeness (QED) is 0.271. The Morgan fingerprint density at radius 1 is 1.21 bits per heavy atom.